The number of carbonyl (C=O) groups is 1. The highest BCUT2D eigenvalue weighted by Gasteiger charge is 2.26. The van der Waals surface area contributed by atoms with Gasteiger partial charge < -0.3 is 5.11 Å². The first-order valence-corrected chi connectivity index (χ1v) is 6.27. The molecule has 82 valence electrons. The summed E-state index contributed by atoms with van der Waals surface area (Å²) in [5, 5.41) is 10.1. The van der Waals surface area contributed by atoms with Crippen LogP contribution in [0.1, 0.15) is 58.9 Å². The van der Waals surface area contributed by atoms with Crippen molar-refractivity contribution in [3.8, 4) is 0 Å². The Morgan fingerprint density at radius 3 is 2.80 bits per heavy atom. The van der Waals surface area contributed by atoms with Gasteiger partial charge in [-0.15, -0.1) is 11.3 Å². The lowest BCUT2D eigenvalue weighted by Crippen LogP contribution is -2.08. The van der Waals surface area contributed by atoms with Crippen molar-refractivity contribution in [2.45, 2.75) is 44.9 Å². The molecule has 1 aromatic rings. The summed E-state index contributed by atoms with van der Waals surface area (Å²) in [7, 11) is 0. The van der Waals surface area contributed by atoms with E-state index in [1.165, 1.54) is 30.6 Å². The fraction of sp³-hybridized carbons (Fsp3) is 0.636. The third kappa shape index (κ3) is 2.04. The van der Waals surface area contributed by atoms with Crippen molar-refractivity contribution in [1.29, 1.82) is 0 Å². The van der Waals surface area contributed by atoms with E-state index in [1.54, 1.807) is 0 Å². The second-order valence-electron chi connectivity index (χ2n) is 4.01. The number of carboxylic acid groups (broad SMARTS) is 1. The summed E-state index contributed by atoms with van der Waals surface area (Å²) in [6, 6.07) is 0. The molecule has 0 saturated heterocycles. The smallest absolute Gasteiger partial charge is 0.347 e. The number of hydrogen-bond acceptors (Lipinski definition) is 3. The standard InChI is InChI=1S/C11H15NO2S/c1-2-4-8-9(11(13)14)15-10(12-8)7-5-3-6-7/h7H,2-6H2,1H3,(H,13,14). The van der Waals surface area contributed by atoms with Crippen molar-refractivity contribution in [3.05, 3.63) is 15.6 Å². The molecule has 1 N–H and O–H groups in total. The monoisotopic (exact) mass is 225 g/mol. The summed E-state index contributed by atoms with van der Waals surface area (Å²) in [5.41, 5.74) is 0.789. The molecule has 0 aliphatic heterocycles. The third-order valence-electron chi connectivity index (χ3n) is 2.85. The van der Waals surface area contributed by atoms with Gasteiger partial charge in [-0.25, -0.2) is 9.78 Å². The van der Waals surface area contributed by atoms with Crippen LogP contribution in [0.2, 0.25) is 0 Å². The Labute approximate surface area is 93.2 Å². The molecule has 1 aliphatic carbocycles. The number of thiazole rings is 1. The Morgan fingerprint density at radius 2 is 2.33 bits per heavy atom. The fourth-order valence-electron chi connectivity index (χ4n) is 1.77. The molecule has 15 heavy (non-hydrogen) atoms. The van der Waals surface area contributed by atoms with E-state index in [0.29, 0.717) is 10.8 Å². The molecule has 2 rings (SSSR count). The van der Waals surface area contributed by atoms with Gasteiger partial charge in [-0.3, -0.25) is 0 Å². The third-order valence-corrected chi connectivity index (χ3v) is 4.10. The average molecular weight is 225 g/mol. The van der Waals surface area contributed by atoms with Crippen molar-refractivity contribution < 1.29 is 9.90 Å². The van der Waals surface area contributed by atoms with Crippen molar-refractivity contribution in [3.63, 3.8) is 0 Å². The summed E-state index contributed by atoms with van der Waals surface area (Å²) < 4.78 is 0. The molecule has 1 saturated carbocycles. The molecular weight excluding hydrogens is 210 g/mol. The topological polar surface area (TPSA) is 50.2 Å². The number of hydrogen-bond donors (Lipinski definition) is 1. The zero-order chi connectivity index (χ0) is 10.8. The molecule has 1 fully saturated rings. The minimum absolute atomic E-state index is 0.457. The number of aromatic carboxylic acids is 1. The Hall–Kier alpha value is -0.900. The van der Waals surface area contributed by atoms with E-state index in [9.17, 15) is 4.79 Å². The van der Waals surface area contributed by atoms with Crippen LogP contribution in [0, 0.1) is 0 Å². The summed E-state index contributed by atoms with van der Waals surface area (Å²) in [6.45, 7) is 2.05. The lowest BCUT2D eigenvalue weighted by Gasteiger charge is -2.22. The molecule has 0 unspecified atom stereocenters. The zero-order valence-electron chi connectivity index (χ0n) is 8.82. The Kier molecular flexibility index (Phi) is 3.05. The molecule has 0 amide bonds. The zero-order valence-corrected chi connectivity index (χ0v) is 9.64. The van der Waals surface area contributed by atoms with E-state index < -0.39 is 5.97 Å². The van der Waals surface area contributed by atoms with Crippen LogP contribution in [0.15, 0.2) is 0 Å². The molecule has 0 atom stereocenters. The van der Waals surface area contributed by atoms with Crippen LogP contribution >= 0.6 is 11.3 Å². The van der Waals surface area contributed by atoms with Crippen LogP contribution in [-0.4, -0.2) is 16.1 Å². The first-order chi connectivity index (χ1) is 7.22. The minimum atomic E-state index is -0.818. The largest absolute Gasteiger partial charge is 0.477 e. The van der Waals surface area contributed by atoms with Crippen LogP contribution in [0.3, 0.4) is 0 Å². The highest BCUT2D eigenvalue weighted by Crippen LogP contribution is 2.39. The number of nitrogens with zero attached hydrogens (tertiary/aromatic N) is 1. The average Bonchev–Trinajstić information content (AvgIpc) is 2.46. The van der Waals surface area contributed by atoms with Crippen LogP contribution in [0.25, 0.3) is 0 Å². The molecule has 0 aromatic carbocycles. The second kappa shape index (κ2) is 4.31. The van der Waals surface area contributed by atoms with Gasteiger partial charge in [0.25, 0.3) is 0 Å². The Balaban J connectivity index is 2.26. The summed E-state index contributed by atoms with van der Waals surface area (Å²) in [6.07, 6.45) is 5.35. The highest BCUT2D eigenvalue weighted by molar-refractivity contribution is 7.13. The number of aromatic nitrogens is 1. The normalized spacial score (nSPS) is 16.3. The van der Waals surface area contributed by atoms with Gasteiger partial charge in [0.2, 0.25) is 0 Å². The number of aryl methyl sites for hydroxylation is 1. The van der Waals surface area contributed by atoms with Gasteiger partial charge in [0.15, 0.2) is 0 Å². The van der Waals surface area contributed by atoms with Crippen molar-refractivity contribution in [1.82, 2.24) is 4.98 Å². The maximum atomic E-state index is 11.0. The second-order valence-corrected chi connectivity index (χ2v) is 5.04. The minimum Gasteiger partial charge on any atom is -0.477 e. The van der Waals surface area contributed by atoms with E-state index in [0.717, 1.165) is 23.5 Å². The van der Waals surface area contributed by atoms with Gasteiger partial charge in [-0.2, -0.15) is 0 Å². The van der Waals surface area contributed by atoms with Gasteiger partial charge in [-0.05, 0) is 19.3 Å². The molecule has 0 radical (unpaired) electrons. The van der Waals surface area contributed by atoms with Crippen LogP contribution < -0.4 is 0 Å². The Bertz CT molecular complexity index is 369. The highest BCUT2D eigenvalue weighted by atomic mass is 32.1. The number of carboxylic acids is 1. The van der Waals surface area contributed by atoms with Crippen molar-refractivity contribution >= 4 is 17.3 Å². The molecule has 3 nitrogen and oxygen atoms in total. The SMILES string of the molecule is CCCc1nc(C2CCC2)sc1C(=O)O. The van der Waals surface area contributed by atoms with Gasteiger partial charge >= 0.3 is 5.97 Å². The summed E-state index contributed by atoms with van der Waals surface area (Å²) in [4.78, 5) is 15.9. The molecule has 1 aliphatic rings. The first-order valence-electron chi connectivity index (χ1n) is 5.45. The van der Waals surface area contributed by atoms with E-state index in [4.69, 9.17) is 5.11 Å². The van der Waals surface area contributed by atoms with E-state index in [2.05, 4.69) is 4.98 Å². The van der Waals surface area contributed by atoms with E-state index in [-0.39, 0.29) is 0 Å². The predicted molar refractivity (Wildman–Crippen MR) is 59.7 cm³/mol. The van der Waals surface area contributed by atoms with E-state index in [1.807, 2.05) is 6.92 Å². The molecule has 0 spiro atoms. The molecule has 0 bridgehead atoms. The summed E-state index contributed by atoms with van der Waals surface area (Å²) >= 11 is 1.38. The quantitative estimate of drug-likeness (QED) is 0.856. The molecule has 1 aromatic heterocycles. The number of rotatable bonds is 4. The van der Waals surface area contributed by atoms with Gasteiger partial charge in [0.1, 0.15) is 4.88 Å². The maximum Gasteiger partial charge on any atom is 0.347 e. The maximum absolute atomic E-state index is 11.0. The predicted octanol–water partition coefficient (Wildman–Crippen LogP) is 3.06. The molecular formula is C11H15NO2S. The van der Waals surface area contributed by atoms with Crippen molar-refractivity contribution in [2.75, 3.05) is 0 Å². The van der Waals surface area contributed by atoms with Crippen LogP contribution in [-0.2, 0) is 6.42 Å². The molecule has 1 heterocycles. The van der Waals surface area contributed by atoms with Gasteiger partial charge in [0, 0.05) is 5.92 Å². The summed E-state index contributed by atoms with van der Waals surface area (Å²) in [5.74, 6) is -0.278. The Morgan fingerprint density at radius 1 is 1.60 bits per heavy atom. The van der Waals surface area contributed by atoms with Crippen LogP contribution in [0.4, 0.5) is 0 Å². The van der Waals surface area contributed by atoms with E-state index >= 15 is 0 Å². The fourth-order valence-corrected chi connectivity index (χ4v) is 2.89. The lowest BCUT2D eigenvalue weighted by atomic mass is 9.86. The molecule has 4 heteroatoms. The van der Waals surface area contributed by atoms with Gasteiger partial charge in [-0.1, -0.05) is 19.8 Å². The van der Waals surface area contributed by atoms with Gasteiger partial charge in [0.05, 0.1) is 10.7 Å². The lowest BCUT2D eigenvalue weighted by molar-refractivity contribution is 0.0700. The van der Waals surface area contributed by atoms with Crippen molar-refractivity contribution in [2.24, 2.45) is 0 Å². The first kappa shape index (κ1) is 10.6. The van der Waals surface area contributed by atoms with Crippen LogP contribution in [0.5, 0.6) is 0 Å².